The number of rotatable bonds is 8. The predicted octanol–water partition coefficient (Wildman–Crippen LogP) is 4.03. The molecule has 2 fully saturated rings. The number of nitrogens with zero attached hydrogens (tertiary/aromatic N) is 2. The highest BCUT2D eigenvalue weighted by Crippen LogP contribution is 2.59. The van der Waals surface area contributed by atoms with Crippen LogP contribution in [0.2, 0.25) is 0 Å². The fourth-order valence-corrected chi connectivity index (χ4v) is 8.21. The summed E-state index contributed by atoms with van der Waals surface area (Å²) in [5.41, 5.74) is -0.721. The zero-order valence-corrected chi connectivity index (χ0v) is 28.6. The van der Waals surface area contributed by atoms with Crippen LogP contribution in [0, 0.1) is 17.8 Å². The number of unbranched alkanes of at least 4 members (excludes halogenated alkanes) is 1. The molecule has 1 aromatic rings. The van der Waals surface area contributed by atoms with E-state index < -0.39 is 59.6 Å². The Morgan fingerprint density at radius 1 is 1.09 bits per heavy atom. The summed E-state index contributed by atoms with van der Waals surface area (Å²) in [6.45, 7) is 8.27. The Kier molecular flexibility index (Phi) is 10.7. The number of cyclic esters (lactones) is 1. The standard InChI is InChI=1S/C35H46BrN3O7/c1-5-6-16-38-17-12-8-11-15-26(41)37-22(4)29(23-13-9-7-10-14-23)45-34(44)27-28-32(42)39(24(20-40)18-21(2)3)31(33(38)43)35(28)19-25(36)30(27)46-35/h7-10,12-14,19,21-22,24,27-31,40H,5-6,11,15-18,20H2,1-4H3,(H,37,41)/b12-8-/t22-,24-,27+,28-,29+,30+,31+,35-/m1/s1. The third-order valence-electron chi connectivity index (χ3n) is 9.56. The van der Waals surface area contributed by atoms with Crippen LogP contribution >= 0.6 is 15.9 Å². The molecule has 10 nitrogen and oxygen atoms in total. The topological polar surface area (TPSA) is 125 Å². The molecule has 1 spiro atoms. The monoisotopic (exact) mass is 699 g/mol. The molecular weight excluding hydrogens is 654 g/mol. The number of hydrogen-bond donors (Lipinski definition) is 2. The smallest absolute Gasteiger partial charge is 0.313 e. The number of hydrogen-bond acceptors (Lipinski definition) is 7. The fourth-order valence-electron chi connectivity index (χ4n) is 7.47. The molecule has 0 radical (unpaired) electrons. The highest BCUT2D eigenvalue weighted by Gasteiger charge is 2.75. The molecule has 5 rings (SSSR count). The number of esters is 1. The Hall–Kier alpha value is -3.02. The van der Waals surface area contributed by atoms with Gasteiger partial charge < -0.3 is 29.7 Å². The van der Waals surface area contributed by atoms with Gasteiger partial charge in [0, 0.05) is 24.0 Å². The summed E-state index contributed by atoms with van der Waals surface area (Å²) in [5, 5.41) is 13.6. The molecule has 3 amide bonds. The molecule has 0 unspecified atom stereocenters. The normalized spacial score (nSPS) is 33.2. The lowest BCUT2D eigenvalue weighted by molar-refractivity contribution is -0.162. The molecule has 11 heteroatoms. The zero-order valence-electron chi connectivity index (χ0n) is 27.1. The number of benzene rings is 1. The van der Waals surface area contributed by atoms with Crippen molar-refractivity contribution in [1.29, 1.82) is 0 Å². The number of allylic oxidation sites excluding steroid dienone is 1. The molecule has 4 aliphatic heterocycles. The molecule has 8 atom stereocenters. The number of nitrogens with one attached hydrogen (secondary N) is 1. The van der Waals surface area contributed by atoms with E-state index in [9.17, 15) is 24.3 Å². The molecule has 4 aliphatic rings. The van der Waals surface area contributed by atoms with E-state index in [0.29, 0.717) is 36.0 Å². The van der Waals surface area contributed by atoms with Crippen molar-refractivity contribution >= 4 is 39.6 Å². The van der Waals surface area contributed by atoms with E-state index in [1.807, 2.05) is 63.3 Å². The third kappa shape index (κ3) is 6.42. The van der Waals surface area contributed by atoms with E-state index in [1.54, 1.807) is 17.9 Å². The van der Waals surface area contributed by atoms with Crippen molar-refractivity contribution < 1.29 is 33.8 Å². The van der Waals surface area contributed by atoms with Crippen LogP contribution in [0.4, 0.5) is 0 Å². The van der Waals surface area contributed by atoms with Gasteiger partial charge in [0.05, 0.1) is 24.6 Å². The fraction of sp³-hybridized carbons (Fsp3) is 0.600. The maximum atomic E-state index is 14.7. The van der Waals surface area contributed by atoms with Crippen molar-refractivity contribution in [3.63, 3.8) is 0 Å². The summed E-state index contributed by atoms with van der Waals surface area (Å²) in [6.07, 6.45) is 6.70. The lowest BCUT2D eigenvalue weighted by atomic mass is 9.74. The maximum absolute atomic E-state index is 14.7. The summed E-state index contributed by atoms with van der Waals surface area (Å²) in [5.74, 6) is -3.45. The lowest BCUT2D eigenvalue weighted by Crippen LogP contribution is -2.58. The molecule has 2 saturated heterocycles. The largest absolute Gasteiger partial charge is 0.455 e. The van der Waals surface area contributed by atoms with Crippen molar-refractivity contribution in [1.82, 2.24) is 15.1 Å². The number of amides is 3. The van der Waals surface area contributed by atoms with E-state index in [1.165, 1.54) is 4.90 Å². The second-order valence-corrected chi connectivity index (χ2v) is 14.2. The second kappa shape index (κ2) is 14.4. The Morgan fingerprint density at radius 3 is 2.50 bits per heavy atom. The molecule has 0 saturated carbocycles. The van der Waals surface area contributed by atoms with Gasteiger partial charge in [-0.15, -0.1) is 0 Å². The van der Waals surface area contributed by atoms with E-state index in [4.69, 9.17) is 9.47 Å². The number of ether oxygens (including phenoxy) is 2. The summed E-state index contributed by atoms with van der Waals surface area (Å²) >= 11 is 3.60. The van der Waals surface area contributed by atoms with Gasteiger partial charge in [0.25, 0.3) is 0 Å². The van der Waals surface area contributed by atoms with Gasteiger partial charge in [0.15, 0.2) is 0 Å². The van der Waals surface area contributed by atoms with Gasteiger partial charge in [-0.05, 0) is 43.7 Å². The molecule has 0 aliphatic carbocycles. The number of carbonyl (C=O) groups is 4. The zero-order chi connectivity index (χ0) is 33.2. The molecular formula is C35H46BrN3O7. The van der Waals surface area contributed by atoms with Crippen LogP contribution < -0.4 is 5.32 Å². The van der Waals surface area contributed by atoms with Crippen LogP contribution in [-0.4, -0.2) is 88.1 Å². The van der Waals surface area contributed by atoms with Crippen LogP contribution in [0.15, 0.2) is 53.0 Å². The van der Waals surface area contributed by atoms with Gasteiger partial charge >= 0.3 is 5.97 Å². The SMILES string of the molecule is CCCCN1C/C=C\CCC(=O)N[C@H](C)[C@@H](c2ccccc2)OC(=O)[C@@H]2[C@H]3O[C@@]4(C=C3Br)[C@H](C1=O)N([C@@H](CO)CC(C)C)C(=O)[C@@H]24. The molecule has 2 N–H and O–H groups in total. The third-order valence-corrected chi connectivity index (χ3v) is 10.2. The van der Waals surface area contributed by atoms with Gasteiger partial charge in [0.1, 0.15) is 29.8 Å². The molecule has 4 heterocycles. The highest BCUT2D eigenvalue weighted by molar-refractivity contribution is 9.11. The maximum Gasteiger partial charge on any atom is 0.313 e. The summed E-state index contributed by atoms with van der Waals surface area (Å²) in [4.78, 5) is 59.8. The average molecular weight is 701 g/mol. The molecule has 46 heavy (non-hydrogen) atoms. The van der Waals surface area contributed by atoms with Crippen LogP contribution in [0.1, 0.15) is 71.5 Å². The minimum absolute atomic E-state index is 0.131. The number of aliphatic hydroxyl groups excluding tert-OH is 1. The summed E-state index contributed by atoms with van der Waals surface area (Å²) in [6, 6.07) is 6.91. The van der Waals surface area contributed by atoms with Crippen molar-refractivity contribution in [2.75, 3.05) is 19.7 Å². The summed E-state index contributed by atoms with van der Waals surface area (Å²) < 4.78 is 13.4. The molecule has 250 valence electrons. The first kappa shape index (κ1) is 34.3. The van der Waals surface area contributed by atoms with Crippen LogP contribution in [0.25, 0.3) is 0 Å². The predicted molar refractivity (Wildman–Crippen MR) is 175 cm³/mol. The van der Waals surface area contributed by atoms with Gasteiger partial charge in [0.2, 0.25) is 17.7 Å². The van der Waals surface area contributed by atoms with E-state index >= 15 is 0 Å². The van der Waals surface area contributed by atoms with Crippen molar-refractivity contribution in [2.45, 2.75) is 95.7 Å². The minimum atomic E-state index is -1.42. The van der Waals surface area contributed by atoms with Crippen LogP contribution in [0.5, 0.6) is 0 Å². The highest BCUT2D eigenvalue weighted by atomic mass is 79.9. The van der Waals surface area contributed by atoms with Gasteiger partial charge in [-0.1, -0.05) is 85.6 Å². The minimum Gasteiger partial charge on any atom is -0.455 e. The van der Waals surface area contributed by atoms with Gasteiger partial charge in [-0.2, -0.15) is 0 Å². The van der Waals surface area contributed by atoms with Gasteiger partial charge in [-0.25, -0.2) is 0 Å². The first-order chi connectivity index (χ1) is 22.0. The number of likely N-dealkylation sites (tertiary alicyclic amines) is 1. The first-order valence-corrected chi connectivity index (χ1v) is 17.3. The summed E-state index contributed by atoms with van der Waals surface area (Å²) in [7, 11) is 0. The van der Waals surface area contributed by atoms with Crippen LogP contribution in [0.3, 0.4) is 0 Å². The van der Waals surface area contributed by atoms with Crippen molar-refractivity contribution in [3.05, 3.63) is 58.6 Å². The Morgan fingerprint density at radius 2 is 1.83 bits per heavy atom. The Bertz CT molecular complexity index is 1370. The Balaban J connectivity index is 1.63. The van der Waals surface area contributed by atoms with Crippen molar-refractivity contribution in [2.24, 2.45) is 17.8 Å². The van der Waals surface area contributed by atoms with Crippen LogP contribution in [-0.2, 0) is 28.7 Å². The van der Waals surface area contributed by atoms with Crippen molar-refractivity contribution in [3.8, 4) is 0 Å². The quantitative estimate of drug-likeness (QED) is 0.310. The molecule has 1 aromatic carbocycles. The first-order valence-electron chi connectivity index (χ1n) is 16.5. The molecule has 0 aromatic heterocycles. The van der Waals surface area contributed by atoms with E-state index in [0.717, 1.165) is 12.8 Å². The van der Waals surface area contributed by atoms with E-state index in [-0.39, 0.29) is 30.8 Å². The Labute approximate surface area is 279 Å². The average Bonchev–Trinajstić information content (AvgIpc) is 3.62. The number of halogens is 1. The molecule has 5 bridgehead atoms. The lowest BCUT2D eigenvalue weighted by Gasteiger charge is -2.39. The van der Waals surface area contributed by atoms with Gasteiger partial charge in [-0.3, -0.25) is 19.2 Å². The number of carbonyl (C=O) groups excluding carboxylic acids is 4. The second-order valence-electron chi connectivity index (χ2n) is 13.3. The van der Waals surface area contributed by atoms with E-state index in [2.05, 4.69) is 21.2 Å². The number of fused-ring (bicyclic) bond motifs is 2. The number of aliphatic hydroxyl groups is 1.